The summed E-state index contributed by atoms with van der Waals surface area (Å²) >= 11 is 0. The fourth-order valence-corrected chi connectivity index (χ4v) is 4.42. The van der Waals surface area contributed by atoms with E-state index in [2.05, 4.69) is 0 Å². The van der Waals surface area contributed by atoms with Crippen LogP contribution in [0.4, 0.5) is 0 Å². The van der Waals surface area contributed by atoms with Gasteiger partial charge in [-0.3, -0.25) is 14.4 Å². The maximum Gasteiger partial charge on any atom is 0.254 e. The number of rotatable bonds is 10. The Hall–Kier alpha value is -4.51. The van der Waals surface area contributed by atoms with Gasteiger partial charge >= 0.3 is 0 Å². The SMILES string of the molecule is CC(=O)c1ccc(C(=O)N(CC(=O)N(Cc2ccccc2)C(C)c2ccccc2)Cc2ccccc2)cc1. The van der Waals surface area contributed by atoms with Crippen LogP contribution >= 0.6 is 0 Å². The summed E-state index contributed by atoms with van der Waals surface area (Å²) in [6.07, 6.45) is 0. The van der Waals surface area contributed by atoms with Gasteiger partial charge in [0.15, 0.2) is 5.78 Å². The zero-order valence-electron chi connectivity index (χ0n) is 21.8. The van der Waals surface area contributed by atoms with Gasteiger partial charge in [-0.25, -0.2) is 0 Å². The van der Waals surface area contributed by atoms with Crippen molar-refractivity contribution < 1.29 is 14.4 Å². The highest BCUT2D eigenvalue weighted by molar-refractivity contribution is 5.99. The lowest BCUT2D eigenvalue weighted by Crippen LogP contribution is -2.43. The summed E-state index contributed by atoms with van der Waals surface area (Å²) < 4.78 is 0. The highest BCUT2D eigenvalue weighted by Crippen LogP contribution is 2.23. The molecule has 0 aliphatic rings. The van der Waals surface area contributed by atoms with Crippen LogP contribution in [0.15, 0.2) is 115 Å². The maximum atomic E-state index is 13.9. The van der Waals surface area contributed by atoms with E-state index >= 15 is 0 Å². The van der Waals surface area contributed by atoms with Crippen LogP contribution in [0.3, 0.4) is 0 Å². The number of nitrogens with zero attached hydrogens (tertiary/aromatic N) is 2. The Morgan fingerprint density at radius 3 is 1.63 bits per heavy atom. The molecule has 0 fully saturated rings. The third-order valence-corrected chi connectivity index (χ3v) is 6.63. The Morgan fingerprint density at radius 1 is 0.632 bits per heavy atom. The predicted octanol–water partition coefficient (Wildman–Crippen LogP) is 6.32. The summed E-state index contributed by atoms with van der Waals surface area (Å²) in [5.41, 5.74) is 3.95. The topological polar surface area (TPSA) is 57.7 Å². The minimum atomic E-state index is -0.260. The van der Waals surface area contributed by atoms with Gasteiger partial charge in [-0.1, -0.05) is 103 Å². The number of carbonyl (C=O) groups excluding carboxylic acids is 3. The van der Waals surface area contributed by atoms with Crippen molar-refractivity contribution in [1.29, 1.82) is 0 Å². The van der Waals surface area contributed by atoms with Crippen molar-refractivity contribution >= 4 is 17.6 Å². The standard InChI is InChI=1S/C33H32N2O3/c1-25(29-16-10-5-11-17-29)35(23-28-14-8-4-9-15-28)32(37)24-34(22-27-12-6-3-7-13-27)33(38)31-20-18-30(19-21-31)26(2)36/h3-21,25H,22-24H2,1-2H3. The summed E-state index contributed by atoms with van der Waals surface area (Å²) in [7, 11) is 0. The molecule has 1 atom stereocenters. The van der Waals surface area contributed by atoms with E-state index < -0.39 is 0 Å². The fraction of sp³-hybridized carbons (Fsp3) is 0.182. The summed E-state index contributed by atoms with van der Waals surface area (Å²) in [5.74, 6) is -0.467. The molecular weight excluding hydrogens is 472 g/mol. The molecule has 0 aliphatic heterocycles. The number of amides is 2. The first-order valence-corrected chi connectivity index (χ1v) is 12.7. The van der Waals surface area contributed by atoms with Gasteiger partial charge in [0.25, 0.3) is 5.91 Å². The van der Waals surface area contributed by atoms with Gasteiger partial charge in [0.2, 0.25) is 5.91 Å². The number of benzene rings is 4. The molecule has 0 radical (unpaired) electrons. The lowest BCUT2D eigenvalue weighted by molar-refractivity contribution is -0.135. The normalized spacial score (nSPS) is 11.4. The van der Waals surface area contributed by atoms with Gasteiger partial charge in [-0.15, -0.1) is 0 Å². The molecule has 4 rings (SSSR count). The Morgan fingerprint density at radius 2 is 1.11 bits per heavy atom. The first kappa shape index (κ1) is 26.6. The van der Waals surface area contributed by atoms with Gasteiger partial charge in [0, 0.05) is 24.2 Å². The molecule has 0 aliphatic carbocycles. The molecule has 0 N–H and O–H groups in total. The molecule has 0 spiro atoms. The zero-order chi connectivity index (χ0) is 26.9. The third kappa shape index (κ3) is 6.83. The second-order valence-electron chi connectivity index (χ2n) is 9.37. The van der Waals surface area contributed by atoms with E-state index in [4.69, 9.17) is 0 Å². The van der Waals surface area contributed by atoms with E-state index in [1.807, 2.05) is 103 Å². The lowest BCUT2D eigenvalue weighted by atomic mass is 10.1. The molecule has 4 aromatic carbocycles. The highest BCUT2D eigenvalue weighted by atomic mass is 16.2. The van der Waals surface area contributed by atoms with Gasteiger partial charge in [-0.05, 0) is 42.7 Å². The van der Waals surface area contributed by atoms with Gasteiger partial charge in [-0.2, -0.15) is 0 Å². The van der Waals surface area contributed by atoms with Gasteiger partial charge in [0.05, 0.1) is 6.04 Å². The van der Waals surface area contributed by atoms with E-state index in [1.54, 1.807) is 29.2 Å². The minimum Gasteiger partial charge on any atom is -0.330 e. The third-order valence-electron chi connectivity index (χ3n) is 6.63. The van der Waals surface area contributed by atoms with Crippen molar-refractivity contribution in [2.24, 2.45) is 0 Å². The molecule has 0 bridgehead atoms. The molecule has 5 nitrogen and oxygen atoms in total. The van der Waals surface area contributed by atoms with Crippen molar-refractivity contribution in [2.45, 2.75) is 33.0 Å². The van der Waals surface area contributed by atoms with Crippen molar-refractivity contribution in [2.75, 3.05) is 6.54 Å². The number of hydrogen-bond acceptors (Lipinski definition) is 3. The molecule has 5 heteroatoms. The summed E-state index contributed by atoms with van der Waals surface area (Å²) in [6, 6.07) is 35.8. The predicted molar refractivity (Wildman–Crippen MR) is 149 cm³/mol. The van der Waals surface area contributed by atoms with Crippen LogP contribution in [0, 0.1) is 0 Å². The highest BCUT2D eigenvalue weighted by Gasteiger charge is 2.26. The van der Waals surface area contributed by atoms with Crippen LogP contribution in [0.25, 0.3) is 0 Å². The quantitative estimate of drug-likeness (QED) is 0.237. The van der Waals surface area contributed by atoms with Crippen LogP contribution in [-0.2, 0) is 17.9 Å². The molecular formula is C33H32N2O3. The Bertz CT molecular complexity index is 1350. The molecule has 0 saturated carbocycles. The zero-order valence-corrected chi connectivity index (χ0v) is 21.8. The smallest absolute Gasteiger partial charge is 0.254 e. The van der Waals surface area contributed by atoms with E-state index in [9.17, 15) is 14.4 Å². The fourth-order valence-electron chi connectivity index (χ4n) is 4.42. The molecule has 2 amide bonds. The monoisotopic (exact) mass is 504 g/mol. The van der Waals surface area contributed by atoms with Crippen LogP contribution in [0.1, 0.15) is 57.3 Å². The molecule has 1 unspecified atom stereocenters. The molecule has 0 heterocycles. The summed E-state index contributed by atoms with van der Waals surface area (Å²) in [4.78, 5) is 42.7. The van der Waals surface area contributed by atoms with E-state index in [-0.39, 0.29) is 30.2 Å². The minimum absolute atomic E-state index is 0.0632. The Kier molecular flexibility index (Phi) is 8.83. The average Bonchev–Trinajstić information content (AvgIpc) is 2.96. The Balaban J connectivity index is 1.63. The van der Waals surface area contributed by atoms with Crippen LogP contribution in [0.2, 0.25) is 0 Å². The summed E-state index contributed by atoms with van der Waals surface area (Å²) in [6.45, 7) is 4.15. The first-order chi connectivity index (χ1) is 18.4. The van der Waals surface area contributed by atoms with Crippen molar-refractivity contribution in [3.8, 4) is 0 Å². The second kappa shape index (κ2) is 12.6. The van der Waals surface area contributed by atoms with Crippen LogP contribution < -0.4 is 0 Å². The average molecular weight is 505 g/mol. The number of hydrogen-bond donors (Lipinski definition) is 0. The van der Waals surface area contributed by atoms with Crippen LogP contribution in [-0.4, -0.2) is 33.9 Å². The Labute approximate surface area is 224 Å². The lowest BCUT2D eigenvalue weighted by Gasteiger charge is -2.32. The van der Waals surface area contributed by atoms with Crippen LogP contribution in [0.5, 0.6) is 0 Å². The van der Waals surface area contributed by atoms with Crippen molar-refractivity contribution in [3.63, 3.8) is 0 Å². The van der Waals surface area contributed by atoms with Crippen molar-refractivity contribution in [1.82, 2.24) is 9.80 Å². The largest absolute Gasteiger partial charge is 0.330 e. The first-order valence-electron chi connectivity index (χ1n) is 12.7. The maximum absolute atomic E-state index is 13.9. The number of Topliss-reactive ketones (excluding diaryl/α,β-unsaturated/α-hetero) is 1. The number of ketones is 1. The molecule has 4 aromatic rings. The molecule has 0 saturated heterocycles. The number of carbonyl (C=O) groups is 3. The molecule has 0 aromatic heterocycles. The summed E-state index contributed by atoms with van der Waals surface area (Å²) in [5, 5.41) is 0. The van der Waals surface area contributed by atoms with Gasteiger partial charge < -0.3 is 9.80 Å². The van der Waals surface area contributed by atoms with E-state index in [1.165, 1.54) is 6.92 Å². The van der Waals surface area contributed by atoms with Crippen molar-refractivity contribution in [3.05, 3.63) is 143 Å². The second-order valence-corrected chi connectivity index (χ2v) is 9.37. The molecule has 192 valence electrons. The molecule has 38 heavy (non-hydrogen) atoms. The van der Waals surface area contributed by atoms with E-state index in [0.29, 0.717) is 24.2 Å². The van der Waals surface area contributed by atoms with Gasteiger partial charge in [0.1, 0.15) is 6.54 Å². The van der Waals surface area contributed by atoms with E-state index in [0.717, 1.165) is 16.7 Å².